The number of hydrogen-bond acceptors (Lipinski definition) is 8. The number of hydrogen-bond donors (Lipinski definition) is 8. The number of aliphatic hydroxyl groups excluding tert-OH is 2. The Morgan fingerprint density at radius 2 is 1.54 bits per heavy atom. The first-order valence-corrected chi connectivity index (χ1v) is 9.42. The number of amides is 3. The minimum Gasteiger partial charge on any atom is -0.480 e. The summed E-state index contributed by atoms with van der Waals surface area (Å²) >= 11 is 3.87. The van der Waals surface area contributed by atoms with Crippen LogP contribution >= 0.6 is 12.6 Å². The summed E-state index contributed by atoms with van der Waals surface area (Å²) < 4.78 is 0. The summed E-state index contributed by atoms with van der Waals surface area (Å²) in [5.41, 5.74) is 5.48. The maximum Gasteiger partial charge on any atom is 0.327 e. The van der Waals surface area contributed by atoms with E-state index < -0.39 is 60.6 Å². The second-order valence-electron chi connectivity index (χ2n) is 6.46. The lowest BCUT2D eigenvalue weighted by Gasteiger charge is -2.27. The summed E-state index contributed by atoms with van der Waals surface area (Å²) in [5.74, 6) is -4.22. The van der Waals surface area contributed by atoms with E-state index in [-0.39, 0.29) is 11.7 Å². The lowest BCUT2D eigenvalue weighted by Crippen LogP contribution is -2.60. The number of thiol groups is 1. The average molecular weight is 423 g/mol. The summed E-state index contributed by atoms with van der Waals surface area (Å²) in [6.07, 6.45) is -0.685. The quantitative estimate of drug-likeness (QED) is 0.155. The molecule has 12 heteroatoms. The van der Waals surface area contributed by atoms with Crippen LogP contribution in [0.25, 0.3) is 0 Å². The molecule has 0 heterocycles. The summed E-state index contributed by atoms with van der Waals surface area (Å²) in [6.45, 7) is 3.98. The summed E-state index contributed by atoms with van der Waals surface area (Å²) in [7, 11) is 0. The lowest BCUT2D eigenvalue weighted by atomic mass is 9.97. The molecule has 6 atom stereocenters. The molecule has 28 heavy (non-hydrogen) atoms. The maximum atomic E-state index is 12.5. The van der Waals surface area contributed by atoms with Crippen LogP contribution in [0, 0.1) is 5.92 Å². The first kappa shape index (κ1) is 26.1. The number of rotatable bonds is 12. The number of carboxylic acid groups (broad SMARTS) is 1. The highest BCUT2D eigenvalue weighted by Gasteiger charge is 2.32. The van der Waals surface area contributed by atoms with Crippen molar-refractivity contribution in [2.45, 2.75) is 57.5 Å². The van der Waals surface area contributed by atoms with Gasteiger partial charge in [0.15, 0.2) is 0 Å². The Balaban J connectivity index is 5.24. The van der Waals surface area contributed by atoms with Gasteiger partial charge in [-0.05, 0) is 12.8 Å². The zero-order valence-corrected chi connectivity index (χ0v) is 17.0. The van der Waals surface area contributed by atoms with Crippen LogP contribution in [0.4, 0.5) is 0 Å². The smallest absolute Gasteiger partial charge is 0.327 e. The lowest BCUT2D eigenvalue weighted by molar-refractivity contribution is -0.142. The van der Waals surface area contributed by atoms with E-state index in [1.165, 1.54) is 6.92 Å². The molecule has 0 aromatic heterocycles. The van der Waals surface area contributed by atoms with E-state index in [4.69, 9.17) is 10.8 Å². The summed E-state index contributed by atoms with van der Waals surface area (Å²) in [5, 5.41) is 34.7. The van der Waals surface area contributed by atoms with Crippen molar-refractivity contribution in [2.75, 3.05) is 12.4 Å². The zero-order chi connectivity index (χ0) is 22.0. The number of carbonyl (C=O) groups is 4. The van der Waals surface area contributed by atoms with Gasteiger partial charge in [0, 0.05) is 5.75 Å². The standard InChI is InChI=1S/C16H30N4O7S/c1-4-7(2)12(15(25)19-10(6-28)16(26)27)20-13(23)9(5-21)18-14(24)11(17)8(3)22/h7-12,21-22,28H,4-6,17H2,1-3H3,(H,18,24)(H,19,25)(H,20,23)(H,26,27). The van der Waals surface area contributed by atoms with Crippen molar-refractivity contribution in [3.8, 4) is 0 Å². The highest BCUT2D eigenvalue weighted by Crippen LogP contribution is 2.09. The number of nitrogens with two attached hydrogens (primary N) is 1. The number of aliphatic carboxylic acids is 1. The van der Waals surface area contributed by atoms with Gasteiger partial charge in [-0.1, -0.05) is 20.3 Å². The highest BCUT2D eigenvalue weighted by molar-refractivity contribution is 7.80. The maximum absolute atomic E-state index is 12.5. The topological polar surface area (TPSA) is 191 Å². The number of nitrogens with one attached hydrogen (secondary N) is 3. The van der Waals surface area contributed by atoms with Gasteiger partial charge in [-0.3, -0.25) is 14.4 Å². The first-order valence-electron chi connectivity index (χ1n) is 8.79. The van der Waals surface area contributed by atoms with Crippen molar-refractivity contribution < 1.29 is 34.5 Å². The molecule has 162 valence electrons. The summed E-state index contributed by atoms with van der Waals surface area (Å²) in [6, 6.07) is -5.05. The molecule has 0 aliphatic carbocycles. The second-order valence-corrected chi connectivity index (χ2v) is 6.83. The molecular weight excluding hydrogens is 392 g/mol. The van der Waals surface area contributed by atoms with Gasteiger partial charge >= 0.3 is 5.97 Å². The van der Waals surface area contributed by atoms with Gasteiger partial charge in [-0.15, -0.1) is 0 Å². The van der Waals surface area contributed by atoms with E-state index in [9.17, 15) is 29.4 Å². The fraction of sp³-hybridized carbons (Fsp3) is 0.750. The molecule has 0 saturated heterocycles. The molecule has 0 saturated carbocycles. The molecule has 0 fully saturated rings. The molecule has 0 aromatic rings. The van der Waals surface area contributed by atoms with E-state index in [2.05, 4.69) is 28.6 Å². The minimum absolute atomic E-state index is 0.144. The Kier molecular flexibility index (Phi) is 11.7. The Morgan fingerprint density at radius 3 is 1.93 bits per heavy atom. The molecule has 0 spiro atoms. The Labute approximate surface area is 168 Å². The fourth-order valence-electron chi connectivity index (χ4n) is 2.08. The van der Waals surface area contributed by atoms with Crippen LogP contribution in [0.1, 0.15) is 27.2 Å². The number of aliphatic hydroxyl groups is 2. The van der Waals surface area contributed by atoms with Gasteiger partial charge in [0.05, 0.1) is 12.7 Å². The van der Waals surface area contributed by atoms with Crippen molar-refractivity contribution in [3.63, 3.8) is 0 Å². The van der Waals surface area contributed by atoms with Crippen molar-refractivity contribution >= 4 is 36.3 Å². The molecule has 0 aliphatic rings. The normalized spacial score (nSPS) is 17.4. The predicted molar refractivity (Wildman–Crippen MR) is 103 cm³/mol. The van der Waals surface area contributed by atoms with Gasteiger partial charge in [-0.2, -0.15) is 12.6 Å². The predicted octanol–water partition coefficient (Wildman–Crippen LogP) is -2.80. The Bertz CT molecular complexity index is 561. The van der Waals surface area contributed by atoms with Gasteiger partial charge in [0.25, 0.3) is 0 Å². The summed E-state index contributed by atoms with van der Waals surface area (Å²) in [4.78, 5) is 47.9. The molecule has 0 bridgehead atoms. The second kappa shape index (κ2) is 12.5. The van der Waals surface area contributed by atoms with Crippen LogP contribution < -0.4 is 21.7 Å². The van der Waals surface area contributed by atoms with Gasteiger partial charge in [0.1, 0.15) is 24.2 Å². The Morgan fingerprint density at radius 1 is 1.00 bits per heavy atom. The van der Waals surface area contributed by atoms with Crippen molar-refractivity contribution in [3.05, 3.63) is 0 Å². The van der Waals surface area contributed by atoms with E-state index in [0.717, 1.165) is 0 Å². The molecule has 0 radical (unpaired) electrons. The third kappa shape index (κ3) is 8.00. The SMILES string of the molecule is CCC(C)C(NC(=O)C(CO)NC(=O)C(N)C(C)O)C(=O)NC(CS)C(=O)O. The van der Waals surface area contributed by atoms with Crippen LogP contribution in [0.15, 0.2) is 0 Å². The van der Waals surface area contributed by atoms with E-state index in [1.54, 1.807) is 13.8 Å². The molecular formula is C16H30N4O7S. The van der Waals surface area contributed by atoms with E-state index in [0.29, 0.717) is 6.42 Å². The van der Waals surface area contributed by atoms with Crippen LogP contribution in [0.5, 0.6) is 0 Å². The molecule has 6 unspecified atom stereocenters. The van der Waals surface area contributed by atoms with Crippen LogP contribution in [-0.2, 0) is 19.2 Å². The van der Waals surface area contributed by atoms with Crippen LogP contribution in [-0.4, -0.2) is 81.6 Å². The zero-order valence-electron chi connectivity index (χ0n) is 16.1. The molecule has 0 aliphatic heterocycles. The Hall–Kier alpha value is -1.89. The molecule has 11 nitrogen and oxygen atoms in total. The van der Waals surface area contributed by atoms with Crippen molar-refractivity contribution in [2.24, 2.45) is 11.7 Å². The minimum atomic E-state index is -1.41. The van der Waals surface area contributed by atoms with E-state index >= 15 is 0 Å². The number of carbonyl (C=O) groups excluding carboxylic acids is 3. The largest absolute Gasteiger partial charge is 0.480 e. The number of carboxylic acids is 1. The molecule has 0 rings (SSSR count). The fourth-order valence-corrected chi connectivity index (χ4v) is 2.33. The van der Waals surface area contributed by atoms with Gasteiger partial charge in [-0.25, -0.2) is 4.79 Å². The third-order valence-corrected chi connectivity index (χ3v) is 4.59. The highest BCUT2D eigenvalue weighted by atomic mass is 32.1. The van der Waals surface area contributed by atoms with Crippen LogP contribution in [0.2, 0.25) is 0 Å². The van der Waals surface area contributed by atoms with Crippen molar-refractivity contribution in [1.29, 1.82) is 0 Å². The average Bonchev–Trinajstić information content (AvgIpc) is 2.65. The van der Waals surface area contributed by atoms with Crippen LogP contribution in [0.3, 0.4) is 0 Å². The van der Waals surface area contributed by atoms with Gasteiger partial charge < -0.3 is 37.0 Å². The molecule has 8 N–H and O–H groups in total. The van der Waals surface area contributed by atoms with Crippen molar-refractivity contribution in [1.82, 2.24) is 16.0 Å². The molecule has 3 amide bonds. The van der Waals surface area contributed by atoms with E-state index in [1.807, 2.05) is 0 Å². The molecule has 0 aromatic carbocycles. The first-order chi connectivity index (χ1) is 13.0. The monoisotopic (exact) mass is 422 g/mol. The van der Waals surface area contributed by atoms with Gasteiger partial charge in [0.2, 0.25) is 17.7 Å². The third-order valence-electron chi connectivity index (χ3n) is 4.23.